The lowest BCUT2D eigenvalue weighted by Crippen LogP contribution is -2.31. The van der Waals surface area contributed by atoms with Crippen LogP contribution in [0.4, 0.5) is 5.69 Å². The normalized spacial score (nSPS) is 10.8. The van der Waals surface area contributed by atoms with Crippen LogP contribution in [0.1, 0.15) is 31.9 Å². The molecule has 0 aliphatic carbocycles. The summed E-state index contributed by atoms with van der Waals surface area (Å²) in [6, 6.07) is 7.03. The molecule has 0 atom stereocenters. The van der Waals surface area contributed by atoms with Crippen molar-refractivity contribution in [1.82, 2.24) is 0 Å². The summed E-state index contributed by atoms with van der Waals surface area (Å²) in [5, 5.41) is 0. The highest BCUT2D eigenvalue weighted by molar-refractivity contribution is 5.55. The van der Waals surface area contributed by atoms with Gasteiger partial charge in [0.2, 0.25) is 0 Å². The Morgan fingerprint density at radius 2 is 2.00 bits per heavy atom. The minimum atomic E-state index is 0.517. The van der Waals surface area contributed by atoms with E-state index in [2.05, 4.69) is 50.8 Å². The summed E-state index contributed by atoms with van der Waals surface area (Å²) in [6.45, 7) is 10.3. The summed E-state index contributed by atoms with van der Waals surface area (Å²) in [7, 11) is 0. The SMILES string of the molecule is CCN(c1ccc(C)cc1CN)C(C)C. The zero-order valence-electron chi connectivity index (χ0n) is 10.2. The molecule has 0 saturated heterocycles. The molecule has 2 nitrogen and oxygen atoms in total. The van der Waals surface area contributed by atoms with Crippen molar-refractivity contribution in [1.29, 1.82) is 0 Å². The highest BCUT2D eigenvalue weighted by Gasteiger charge is 2.11. The first-order valence-electron chi connectivity index (χ1n) is 5.66. The molecule has 0 aromatic heterocycles. The van der Waals surface area contributed by atoms with Crippen LogP contribution in [0, 0.1) is 6.92 Å². The van der Waals surface area contributed by atoms with E-state index in [4.69, 9.17) is 5.73 Å². The number of nitrogens with two attached hydrogens (primary N) is 1. The van der Waals surface area contributed by atoms with E-state index in [1.54, 1.807) is 0 Å². The number of benzene rings is 1. The summed E-state index contributed by atoms with van der Waals surface area (Å²) in [6.07, 6.45) is 0. The number of anilines is 1. The van der Waals surface area contributed by atoms with Gasteiger partial charge in [0, 0.05) is 24.8 Å². The number of nitrogens with zero attached hydrogens (tertiary/aromatic N) is 1. The maximum atomic E-state index is 5.79. The molecule has 1 aromatic carbocycles. The molecule has 1 rings (SSSR count). The van der Waals surface area contributed by atoms with Crippen molar-refractivity contribution >= 4 is 5.69 Å². The lowest BCUT2D eigenvalue weighted by atomic mass is 10.1. The Bertz CT molecular complexity index is 318. The first-order valence-corrected chi connectivity index (χ1v) is 5.66. The summed E-state index contributed by atoms with van der Waals surface area (Å²) in [5.41, 5.74) is 9.58. The fraction of sp³-hybridized carbons (Fsp3) is 0.538. The van der Waals surface area contributed by atoms with Crippen molar-refractivity contribution in [2.75, 3.05) is 11.4 Å². The Morgan fingerprint density at radius 3 is 2.47 bits per heavy atom. The van der Waals surface area contributed by atoms with Gasteiger partial charge in [0.15, 0.2) is 0 Å². The van der Waals surface area contributed by atoms with E-state index in [1.165, 1.54) is 16.8 Å². The number of hydrogen-bond donors (Lipinski definition) is 1. The van der Waals surface area contributed by atoms with Gasteiger partial charge < -0.3 is 10.6 Å². The molecule has 0 saturated carbocycles. The number of aryl methyl sites for hydroxylation is 1. The van der Waals surface area contributed by atoms with Crippen molar-refractivity contribution in [3.63, 3.8) is 0 Å². The number of rotatable bonds is 4. The molecule has 0 fully saturated rings. The quantitative estimate of drug-likeness (QED) is 0.820. The molecule has 0 amide bonds. The molecule has 84 valence electrons. The fourth-order valence-corrected chi connectivity index (χ4v) is 1.97. The Balaban J connectivity index is 3.11. The minimum Gasteiger partial charge on any atom is -0.369 e. The zero-order valence-corrected chi connectivity index (χ0v) is 10.2. The molecule has 0 heterocycles. The van der Waals surface area contributed by atoms with Crippen LogP contribution in [-0.2, 0) is 6.54 Å². The maximum Gasteiger partial charge on any atom is 0.0414 e. The van der Waals surface area contributed by atoms with Crippen molar-refractivity contribution in [3.05, 3.63) is 29.3 Å². The first-order chi connectivity index (χ1) is 7.10. The molecule has 1 aromatic rings. The lowest BCUT2D eigenvalue weighted by molar-refractivity contribution is 0.699. The second-order valence-electron chi connectivity index (χ2n) is 4.22. The number of hydrogen-bond acceptors (Lipinski definition) is 2. The van der Waals surface area contributed by atoms with Gasteiger partial charge in [0.05, 0.1) is 0 Å². The predicted molar refractivity (Wildman–Crippen MR) is 67.2 cm³/mol. The highest BCUT2D eigenvalue weighted by atomic mass is 15.1. The van der Waals surface area contributed by atoms with Crippen molar-refractivity contribution in [2.45, 2.75) is 40.3 Å². The first kappa shape index (κ1) is 12.1. The molecule has 0 bridgehead atoms. The van der Waals surface area contributed by atoms with Crippen LogP contribution in [0.2, 0.25) is 0 Å². The molecule has 2 heteroatoms. The Morgan fingerprint density at radius 1 is 1.33 bits per heavy atom. The molecule has 0 radical (unpaired) electrons. The van der Waals surface area contributed by atoms with E-state index < -0.39 is 0 Å². The second kappa shape index (κ2) is 5.17. The van der Waals surface area contributed by atoms with Gasteiger partial charge in [-0.3, -0.25) is 0 Å². The molecule has 0 aliphatic rings. The Labute approximate surface area is 93.1 Å². The molecule has 0 spiro atoms. The van der Waals surface area contributed by atoms with E-state index in [0.717, 1.165) is 6.54 Å². The molecular formula is C13H22N2. The predicted octanol–water partition coefficient (Wildman–Crippen LogP) is 2.69. The Hall–Kier alpha value is -1.02. The largest absolute Gasteiger partial charge is 0.369 e. The third kappa shape index (κ3) is 2.72. The van der Waals surface area contributed by atoms with Gasteiger partial charge >= 0.3 is 0 Å². The molecule has 15 heavy (non-hydrogen) atoms. The lowest BCUT2D eigenvalue weighted by Gasteiger charge is -2.29. The van der Waals surface area contributed by atoms with Gasteiger partial charge in [-0.05, 0) is 39.3 Å². The van der Waals surface area contributed by atoms with Gasteiger partial charge in [-0.1, -0.05) is 17.7 Å². The molecule has 2 N–H and O–H groups in total. The monoisotopic (exact) mass is 206 g/mol. The average Bonchev–Trinajstić information content (AvgIpc) is 2.20. The van der Waals surface area contributed by atoms with Gasteiger partial charge in [0.1, 0.15) is 0 Å². The smallest absolute Gasteiger partial charge is 0.0414 e. The van der Waals surface area contributed by atoms with Crippen LogP contribution in [0.5, 0.6) is 0 Å². The standard InChI is InChI=1S/C13H22N2/c1-5-15(10(2)3)13-7-6-11(4)8-12(13)9-14/h6-8,10H,5,9,14H2,1-4H3. The highest BCUT2D eigenvalue weighted by Crippen LogP contribution is 2.23. The Kier molecular flexibility index (Phi) is 4.15. The van der Waals surface area contributed by atoms with Gasteiger partial charge in [0.25, 0.3) is 0 Å². The van der Waals surface area contributed by atoms with Crippen LogP contribution in [-0.4, -0.2) is 12.6 Å². The zero-order chi connectivity index (χ0) is 11.4. The van der Waals surface area contributed by atoms with E-state index >= 15 is 0 Å². The van der Waals surface area contributed by atoms with Gasteiger partial charge in [-0.15, -0.1) is 0 Å². The third-order valence-corrected chi connectivity index (χ3v) is 2.73. The summed E-state index contributed by atoms with van der Waals surface area (Å²) < 4.78 is 0. The summed E-state index contributed by atoms with van der Waals surface area (Å²) in [5.74, 6) is 0. The van der Waals surface area contributed by atoms with Gasteiger partial charge in [-0.2, -0.15) is 0 Å². The average molecular weight is 206 g/mol. The topological polar surface area (TPSA) is 29.3 Å². The van der Waals surface area contributed by atoms with Crippen LogP contribution in [0.25, 0.3) is 0 Å². The third-order valence-electron chi connectivity index (χ3n) is 2.73. The van der Waals surface area contributed by atoms with Crippen molar-refractivity contribution in [3.8, 4) is 0 Å². The minimum absolute atomic E-state index is 0.517. The van der Waals surface area contributed by atoms with Crippen LogP contribution in [0.3, 0.4) is 0 Å². The van der Waals surface area contributed by atoms with E-state index in [-0.39, 0.29) is 0 Å². The van der Waals surface area contributed by atoms with Crippen LogP contribution in [0.15, 0.2) is 18.2 Å². The maximum absolute atomic E-state index is 5.79. The fourth-order valence-electron chi connectivity index (χ4n) is 1.97. The van der Waals surface area contributed by atoms with E-state index in [1.807, 2.05) is 0 Å². The summed E-state index contributed by atoms with van der Waals surface area (Å²) >= 11 is 0. The molecular weight excluding hydrogens is 184 g/mol. The second-order valence-corrected chi connectivity index (χ2v) is 4.22. The summed E-state index contributed by atoms with van der Waals surface area (Å²) in [4.78, 5) is 2.38. The van der Waals surface area contributed by atoms with Crippen molar-refractivity contribution in [2.24, 2.45) is 5.73 Å². The van der Waals surface area contributed by atoms with Crippen LogP contribution >= 0.6 is 0 Å². The molecule has 0 unspecified atom stereocenters. The van der Waals surface area contributed by atoms with E-state index in [9.17, 15) is 0 Å². The molecule has 0 aliphatic heterocycles. The van der Waals surface area contributed by atoms with Gasteiger partial charge in [-0.25, -0.2) is 0 Å². The van der Waals surface area contributed by atoms with Crippen molar-refractivity contribution < 1.29 is 0 Å². The van der Waals surface area contributed by atoms with E-state index in [0.29, 0.717) is 12.6 Å². The van der Waals surface area contributed by atoms with Crippen LogP contribution < -0.4 is 10.6 Å².